The quantitative estimate of drug-likeness (QED) is 0.771. The second-order valence-corrected chi connectivity index (χ2v) is 10.0. The summed E-state index contributed by atoms with van der Waals surface area (Å²) in [5.74, 6) is 0.330. The number of carbonyl (C=O) groups is 1. The maximum absolute atomic E-state index is 13.1. The Hall–Kier alpha value is -2.43. The fraction of sp³-hybridized carbons (Fsp3) is 0.500. The maximum Gasteiger partial charge on any atom is 0.260 e. The Labute approximate surface area is 177 Å². The van der Waals surface area contributed by atoms with Gasteiger partial charge in [-0.1, -0.05) is 0 Å². The molecule has 0 unspecified atom stereocenters. The normalized spacial score (nSPS) is 15.8. The van der Waals surface area contributed by atoms with Gasteiger partial charge in [-0.15, -0.1) is 0 Å². The van der Waals surface area contributed by atoms with Crippen molar-refractivity contribution in [2.24, 2.45) is 0 Å². The van der Waals surface area contributed by atoms with Gasteiger partial charge in [0.25, 0.3) is 5.91 Å². The van der Waals surface area contributed by atoms with Gasteiger partial charge >= 0.3 is 0 Å². The molecule has 1 aromatic carbocycles. The number of hydrogen-bond acceptors (Lipinski definition) is 6. The topological polar surface area (TPSA) is 103 Å². The first-order valence-corrected chi connectivity index (χ1v) is 11.1. The van der Waals surface area contributed by atoms with E-state index >= 15 is 0 Å². The van der Waals surface area contributed by atoms with E-state index in [2.05, 4.69) is 10.4 Å². The summed E-state index contributed by atoms with van der Waals surface area (Å²) in [5.41, 5.74) is 0.546. The summed E-state index contributed by atoms with van der Waals surface area (Å²) in [5, 5.41) is 7.29. The molecule has 2 heterocycles. The minimum Gasteiger partial charge on any atom is -0.496 e. The summed E-state index contributed by atoms with van der Waals surface area (Å²) in [6.45, 7) is 9.02. The van der Waals surface area contributed by atoms with Gasteiger partial charge in [0.05, 0.1) is 42.0 Å². The lowest BCUT2D eigenvalue weighted by Crippen LogP contribution is -2.40. The number of nitrogens with zero attached hydrogens (tertiary/aromatic N) is 3. The molecule has 1 amide bonds. The molecule has 0 atom stereocenters. The molecule has 164 valence electrons. The second-order valence-electron chi connectivity index (χ2n) is 8.09. The van der Waals surface area contributed by atoms with Gasteiger partial charge in [-0.05, 0) is 45.9 Å². The molecule has 10 heteroatoms. The molecule has 1 aliphatic heterocycles. The Kier molecular flexibility index (Phi) is 6.21. The molecule has 30 heavy (non-hydrogen) atoms. The Morgan fingerprint density at radius 1 is 1.20 bits per heavy atom. The van der Waals surface area contributed by atoms with Gasteiger partial charge < -0.3 is 14.8 Å². The molecule has 1 aromatic heterocycles. The molecule has 0 saturated carbocycles. The number of aromatic nitrogens is 2. The summed E-state index contributed by atoms with van der Waals surface area (Å²) in [6.07, 6.45) is 0. The van der Waals surface area contributed by atoms with Crippen LogP contribution in [-0.4, -0.2) is 61.8 Å². The van der Waals surface area contributed by atoms with Crippen molar-refractivity contribution in [1.29, 1.82) is 0 Å². The zero-order valence-corrected chi connectivity index (χ0v) is 18.7. The number of hydrogen-bond donors (Lipinski definition) is 1. The van der Waals surface area contributed by atoms with Crippen LogP contribution in [0.4, 0.5) is 5.82 Å². The Bertz CT molecular complexity index is 1030. The van der Waals surface area contributed by atoms with Crippen LogP contribution in [0.25, 0.3) is 0 Å². The second kappa shape index (κ2) is 8.37. The van der Waals surface area contributed by atoms with Gasteiger partial charge in [0.15, 0.2) is 0 Å². The van der Waals surface area contributed by atoms with E-state index in [9.17, 15) is 13.2 Å². The van der Waals surface area contributed by atoms with Crippen LogP contribution in [0, 0.1) is 6.92 Å². The van der Waals surface area contributed by atoms with Crippen molar-refractivity contribution in [2.45, 2.75) is 38.1 Å². The number of ether oxygens (including phenoxy) is 2. The lowest BCUT2D eigenvalue weighted by molar-refractivity contribution is 0.0730. The van der Waals surface area contributed by atoms with Crippen molar-refractivity contribution in [2.75, 3.05) is 38.7 Å². The van der Waals surface area contributed by atoms with Gasteiger partial charge in [0.2, 0.25) is 10.0 Å². The summed E-state index contributed by atoms with van der Waals surface area (Å²) < 4.78 is 39.6. The van der Waals surface area contributed by atoms with Crippen LogP contribution in [0.2, 0.25) is 0 Å². The first kappa shape index (κ1) is 22.3. The maximum atomic E-state index is 13.1. The van der Waals surface area contributed by atoms with Crippen LogP contribution in [0.5, 0.6) is 5.75 Å². The van der Waals surface area contributed by atoms with Gasteiger partial charge in [-0.2, -0.15) is 9.40 Å². The Balaban J connectivity index is 1.96. The number of benzene rings is 1. The van der Waals surface area contributed by atoms with Crippen molar-refractivity contribution in [3.8, 4) is 5.75 Å². The summed E-state index contributed by atoms with van der Waals surface area (Å²) in [4.78, 5) is 13.1. The molecular weight excluding hydrogens is 408 g/mol. The molecule has 9 nitrogen and oxygen atoms in total. The zero-order chi connectivity index (χ0) is 22.1. The first-order valence-electron chi connectivity index (χ1n) is 9.68. The average molecular weight is 437 g/mol. The molecule has 0 bridgehead atoms. The standard InChI is InChI=1S/C20H28N4O5S/c1-14-12-18(24(22-14)20(2,3)4)21-19(25)16-13-15(6-7-17(16)28-5)30(26,27)23-8-10-29-11-9-23/h6-7,12-13H,8-11H2,1-5H3,(H,21,25). The third-order valence-electron chi connectivity index (χ3n) is 4.73. The number of anilines is 1. The molecule has 1 fully saturated rings. The van der Waals surface area contributed by atoms with E-state index in [-0.39, 0.29) is 34.8 Å². The highest BCUT2D eigenvalue weighted by molar-refractivity contribution is 7.89. The van der Waals surface area contributed by atoms with Crippen molar-refractivity contribution in [3.05, 3.63) is 35.5 Å². The highest BCUT2D eigenvalue weighted by atomic mass is 32.2. The van der Waals surface area contributed by atoms with E-state index in [1.807, 2.05) is 27.7 Å². The fourth-order valence-electron chi connectivity index (χ4n) is 3.24. The Morgan fingerprint density at radius 3 is 2.47 bits per heavy atom. The number of sulfonamides is 1. The average Bonchev–Trinajstić information content (AvgIpc) is 3.08. The van der Waals surface area contributed by atoms with Crippen LogP contribution >= 0.6 is 0 Å². The third-order valence-corrected chi connectivity index (χ3v) is 6.63. The molecule has 1 N–H and O–H groups in total. The van der Waals surface area contributed by atoms with Crippen molar-refractivity contribution < 1.29 is 22.7 Å². The zero-order valence-electron chi connectivity index (χ0n) is 17.9. The molecule has 0 spiro atoms. The number of aryl methyl sites for hydroxylation is 1. The fourth-order valence-corrected chi connectivity index (χ4v) is 4.68. The predicted molar refractivity (Wildman–Crippen MR) is 112 cm³/mol. The number of nitrogens with one attached hydrogen (secondary N) is 1. The third kappa shape index (κ3) is 4.50. The van der Waals surface area contributed by atoms with Crippen LogP contribution < -0.4 is 10.1 Å². The summed E-state index contributed by atoms with van der Waals surface area (Å²) in [7, 11) is -2.31. The van der Waals surface area contributed by atoms with E-state index in [0.717, 1.165) is 5.69 Å². The van der Waals surface area contributed by atoms with E-state index in [0.29, 0.717) is 19.0 Å². The summed E-state index contributed by atoms with van der Waals surface area (Å²) in [6, 6.07) is 6.06. The van der Waals surface area contributed by atoms with Crippen molar-refractivity contribution in [1.82, 2.24) is 14.1 Å². The number of amides is 1. The Morgan fingerprint density at radius 2 is 1.87 bits per heavy atom. The van der Waals surface area contributed by atoms with Crippen LogP contribution in [-0.2, 0) is 20.3 Å². The van der Waals surface area contributed by atoms with E-state index in [4.69, 9.17) is 9.47 Å². The first-order chi connectivity index (χ1) is 14.0. The van der Waals surface area contributed by atoms with Gasteiger partial charge in [-0.25, -0.2) is 13.1 Å². The van der Waals surface area contributed by atoms with Gasteiger partial charge in [-0.3, -0.25) is 4.79 Å². The largest absolute Gasteiger partial charge is 0.496 e. The smallest absolute Gasteiger partial charge is 0.260 e. The van der Waals surface area contributed by atoms with E-state index < -0.39 is 15.9 Å². The van der Waals surface area contributed by atoms with Crippen molar-refractivity contribution in [3.63, 3.8) is 0 Å². The molecule has 3 rings (SSSR count). The minimum atomic E-state index is -3.74. The molecule has 1 saturated heterocycles. The molecule has 0 aliphatic carbocycles. The van der Waals surface area contributed by atoms with Gasteiger partial charge in [0, 0.05) is 19.2 Å². The molecule has 0 radical (unpaired) electrons. The van der Waals surface area contributed by atoms with Crippen LogP contribution in [0.15, 0.2) is 29.2 Å². The molecule has 2 aromatic rings. The van der Waals surface area contributed by atoms with Crippen LogP contribution in [0.3, 0.4) is 0 Å². The molecule has 1 aliphatic rings. The monoisotopic (exact) mass is 436 g/mol. The number of rotatable bonds is 5. The summed E-state index contributed by atoms with van der Waals surface area (Å²) >= 11 is 0. The highest BCUT2D eigenvalue weighted by Gasteiger charge is 2.28. The minimum absolute atomic E-state index is 0.0378. The molecular formula is C20H28N4O5S. The predicted octanol–water partition coefficient (Wildman–Crippen LogP) is 2.23. The number of carbonyl (C=O) groups excluding carboxylic acids is 1. The SMILES string of the molecule is COc1ccc(S(=O)(=O)N2CCOCC2)cc1C(=O)Nc1cc(C)nn1C(C)(C)C. The number of methoxy groups -OCH3 is 1. The van der Waals surface area contributed by atoms with Crippen molar-refractivity contribution >= 4 is 21.7 Å². The van der Waals surface area contributed by atoms with Gasteiger partial charge in [0.1, 0.15) is 11.6 Å². The van der Waals surface area contributed by atoms with Crippen LogP contribution in [0.1, 0.15) is 36.8 Å². The highest BCUT2D eigenvalue weighted by Crippen LogP contribution is 2.27. The van der Waals surface area contributed by atoms with E-state index in [1.54, 1.807) is 10.7 Å². The lowest BCUT2D eigenvalue weighted by atomic mass is 10.1. The van der Waals surface area contributed by atoms with E-state index in [1.165, 1.54) is 29.6 Å². The lowest BCUT2D eigenvalue weighted by Gasteiger charge is -2.26. The number of morpholine rings is 1.